The van der Waals surface area contributed by atoms with Gasteiger partial charge < -0.3 is 11.1 Å². The van der Waals surface area contributed by atoms with Gasteiger partial charge in [0, 0.05) is 5.71 Å². The smallest absolute Gasteiger partial charge is 0.133 e. The van der Waals surface area contributed by atoms with Crippen LogP contribution in [0.1, 0.15) is 13.3 Å². The largest absolute Gasteiger partial charge is 0.392 e. The third-order valence-corrected chi connectivity index (χ3v) is 1.38. The molecule has 0 spiro atoms. The van der Waals surface area contributed by atoms with Crippen molar-refractivity contribution < 1.29 is 0 Å². The number of nitriles is 1. The molecule has 0 aromatic rings. The minimum absolute atomic E-state index is 0.0920. The molecule has 0 bridgehead atoms. The highest BCUT2D eigenvalue weighted by Crippen LogP contribution is 2.00. The monoisotopic (exact) mass is 155 g/mol. The van der Waals surface area contributed by atoms with Crippen molar-refractivity contribution in [3.63, 3.8) is 0 Å². The third-order valence-electron chi connectivity index (χ3n) is 1.14. The van der Waals surface area contributed by atoms with E-state index in [9.17, 15) is 0 Å². The molecule has 0 rings (SSSR count). The molecule has 0 saturated heterocycles. The van der Waals surface area contributed by atoms with Gasteiger partial charge in [0.05, 0.1) is 11.1 Å². The Morgan fingerprint density at radius 3 is 2.50 bits per heavy atom. The summed E-state index contributed by atoms with van der Waals surface area (Å²) in [4.78, 5) is 0.0920. The Morgan fingerprint density at radius 1 is 1.90 bits per heavy atom. The van der Waals surface area contributed by atoms with Gasteiger partial charge in [0.1, 0.15) is 5.92 Å². The molecule has 3 nitrogen and oxygen atoms in total. The molecule has 0 saturated carbocycles. The van der Waals surface area contributed by atoms with E-state index in [0.29, 0.717) is 6.42 Å². The molecule has 4 heteroatoms. The molecule has 0 radical (unpaired) electrons. The van der Waals surface area contributed by atoms with Crippen molar-refractivity contribution in [3.05, 3.63) is 0 Å². The summed E-state index contributed by atoms with van der Waals surface area (Å²) >= 11 is 4.57. The lowest BCUT2D eigenvalue weighted by molar-refractivity contribution is 1.09. The Hall–Kier alpha value is -0.950. The summed E-state index contributed by atoms with van der Waals surface area (Å²) in [7, 11) is 0. The van der Waals surface area contributed by atoms with Gasteiger partial charge in [0.15, 0.2) is 0 Å². The second-order valence-electron chi connectivity index (χ2n) is 1.84. The van der Waals surface area contributed by atoms with Crippen molar-refractivity contribution in [2.75, 3.05) is 0 Å². The Balaban J connectivity index is 4.25. The Morgan fingerprint density at radius 2 is 2.40 bits per heavy atom. The minimum atomic E-state index is -0.667. The van der Waals surface area contributed by atoms with E-state index >= 15 is 0 Å². The normalized spacial score (nSPS) is 11.6. The van der Waals surface area contributed by atoms with Crippen LogP contribution in [0.4, 0.5) is 0 Å². The SMILES string of the molecule is CCC(=N)C(C#N)C(N)=S. The summed E-state index contributed by atoms with van der Waals surface area (Å²) in [6.45, 7) is 1.80. The van der Waals surface area contributed by atoms with Crippen LogP contribution >= 0.6 is 12.2 Å². The fraction of sp³-hybridized carbons (Fsp3) is 0.500. The predicted molar refractivity (Wildman–Crippen MR) is 43.9 cm³/mol. The summed E-state index contributed by atoms with van der Waals surface area (Å²) in [6, 6.07) is 1.86. The molecule has 0 aromatic heterocycles. The number of rotatable bonds is 3. The molecule has 1 atom stereocenters. The zero-order valence-electron chi connectivity index (χ0n) is 5.72. The van der Waals surface area contributed by atoms with E-state index in [1.807, 2.05) is 6.07 Å². The molecular formula is C6H9N3S. The average Bonchev–Trinajstić information content (AvgIpc) is 1.88. The molecule has 0 aromatic carbocycles. The molecule has 0 aliphatic heterocycles. The summed E-state index contributed by atoms with van der Waals surface area (Å²) < 4.78 is 0. The number of hydrogen-bond donors (Lipinski definition) is 2. The summed E-state index contributed by atoms with van der Waals surface area (Å²) in [5.74, 6) is -0.667. The Labute approximate surface area is 65.3 Å². The lowest BCUT2D eigenvalue weighted by Gasteiger charge is -2.04. The van der Waals surface area contributed by atoms with Crippen molar-refractivity contribution in [2.45, 2.75) is 13.3 Å². The maximum absolute atomic E-state index is 8.44. The first-order valence-corrected chi connectivity index (χ1v) is 3.30. The van der Waals surface area contributed by atoms with Gasteiger partial charge in [-0.25, -0.2) is 0 Å². The number of hydrogen-bond acceptors (Lipinski definition) is 3. The van der Waals surface area contributed by atoms with E-state index in [4.69, 9.17) is 16.4 Å². The van der Waals surface area contributed by atoms with Gasteiger partial charge >= 0.3 is 0 Å². The van der Waals surface area contributed by atoms with Crippen LogP contribution in [0.15, 0.2) is 0 Å². The fourth-order valence-electron chi connectivity index (χ4n) is 0.517. The maximum atomic E-state index is 8.44. The summed E-state index contributed by atoms with van der Waals surface area (Å²) in [6.07, 6.45) is 0.523. The van der Waals surface area contributed by atoms with E-state index in [-0.39, 0.29) is 10.7 Å². The summed E-state index contributed by atoms with van der Waals surface area (Å²) in [5.41, 5.74) is 5.48. The zero-order chi connectivity index (χ0) is 8.15. The highest BCUT2D eigenvalue weighted by molar-refractivity contribution is 7.80. The molecule has 0 fully saturated rings. The molecule has 0 amide bonds. The number of nitrogens with two attached hydrogens (primary N) is 1. The number of nitrogens with one attached hydrogen (secondary N) is 1. The van der Waals surface area contributed by atoms with E-state index in [1.165, 1.54) is 0 Å². The van der Waals surface area contributed by atoms with Crippen molar-refractivity contribution in [3.8, 4) is 6.07 Å². The van der Waals surface area contributed by atoms with Gasteiger partial charge in [-0.1, -0.05) is 19.1 Å². The van der Waals surface area contributed by atoms with E-state index < -0.39 is 5.92 Å². The van der Waals surface area contributed by atoms with Crippen LogP contribution in [0.2, 0.25) is 0 Å². The van der Waals surface area contributed by atoms with E-state index in [1.54, 1.807) is 6.92 Å². The van der Waals surface area contributed by atoms with Crippen LogP contribution in [-0.4, -0.2) is 10.7 Å². The molecule has 0 aliphatic rings. The van der Waals surface area contributed by atoms with Crippen LogP contribution in [0, 0.1) is 22.7 Å². The lowest BCUT2D eigenvalue weighted by atomic mass is 10.0. The quantitative estimate of drug-likeness (QED) is 0.468. The molecule has 0 aliphatic carbocycles. The fourth-order valence-corrected chi connectivity index (χ4v) is 0.712. The van der Waals surface area contributed by atoms with E-state index in [2.05, 4.69) is 12.2 Å². The summed E-state index contributed by atoms with van der Waals surface area (Å²) in [5, 5.41) is 15.7. The van der Waals surface area contributed by atoms with Gasteiger partial charge in [-0.2, -0.15) is 5.26 Å². The van der Waals surface area contributed by atoms with Crippen molar-refractivity contribution in [1.29, 1.82) is 10.7 Å². The molecule has 10 heavy (non-hydrogen) atoms. The second-order valence-corrected chi connectivity index (χ2v) is 2.31. The van der Waals surface area contributed by atoms with Gasteiger partial charge in [-0.3, -0.25) is 0 Å². The zero-order valence-corrected chi connectivity index (χ0v) is 6.53. The van der Waals surface area contributed by atoms with Crippen molar-refractivity contribution in [2.24, 2.45) is 11.7 Å². The average molecular weight is 155 g/mol. The molecule has 1 unspecified atom stereocenters. The van der Waals surface area contributed by atoms with Crippen LogP contribution < -0.4 is 5.73 Å². The van der Waals surface area contributed by atoms with Gasteiger partial charge in [-0.15, -0.1) is 0 Å². The molecule has 54 valence electrons. The van der Waals surface area contributed by atoms with Gasteiger partial charge in [0.2, 0.25) is 0 Å². The minimum Gasteiger partial charge on any atom is -0.392 e. The maximum Gasteiger partial charge on any atom is 0.133 e. The number of thiocarbonyl (C=S) groups is 1. The highest BCUT2D eigenvalue weighted by atomic mass is 32.1. The van der Waals surface area contributed by atoms with Crippen LogP contribution in [0.25, 0.3) is 0 Å². The molecule has 3 N–H and O–H groups in total. The standard InChI is InChI=1S/C6H9N3S/c1-2-5(8)4(3-7)6(9)10/h4,8H,2H2,1H3,(H2,9,10). The first kappa shape index (κ1) is 9.05. The third kappa shape index (κ3) is 2.11. The predicted octanol–water partition coefficient (Wildman–Crippen LogP) is 0.842. The van der Waals surface area contributed by atoms with Crippen molar-refractivity contribution in [1.82, 2.24) is 0 Å². The Bertz CT molecular complexity index is 192. The van der Waals surface area contributed by atoms with Crippen LogP contribution in [0.3, 0.4) is 0 Å². The topological polar surface area (TPSA) is 73.7 Å². The van der Waals surface area contributed by atoms with Gasteiger partial charge in [-0.05, 0) is 6.42 Å². The van der Waals surface area contributed by atoms with E-state index in [0.717, 1.165) is 0 Å². The van der Waals surface area contributed by atoms with Crippen LogP contribution in [-0.2, 0) is 0 Å². The first-order valence-electron chi connectivity index (χ1n) is 2.89. The van der Waals surface area contributed by atoms with Gasteiger partial charge in [0.25, 0.3) is 0 Å². The molecule has 0 heterocycles. The van der Waals surface area contributed by atoms with Crippen LogP contribution in [0.5, 0.6) is 0 Å². The Kier molecular flexibility index (Phi) is 3.59. The number of nitrogens with zero attached hydrogens (tertiary/aromatic N) is 1. The van der Waals surface area contributed by atoms with Crippen molar-refractivity contribution >= 4 is 22.9 Å². The second kappa shape index (κ2) is 3.96. The lowest BCUT2D eigenvalue weighted by Crippen LogP contribution is -2.26. The highest BCUT2D eigenvalue weighted by Gasteiger charge is 2.14. The first-order chi connectivity index (χ1) is 4.63. The molecular weight excluding hydrogens is 146 g/mol.